The van der Waals surface area contributed by atoms with E-state index in [0.717, 1.165) is 16.9 Å². The first-order valence-corrected chi connectivity index (χ1v) is 7.74. The van der Waals surface area contributed by atoms with Gasteiger partial charge in [0.15, 0.2) is 11.5 Å². The van der Waals surface area contributed by atoms with Crippen molar-refractivity contribution in [3.63, 3.8) is 0 Å². The fourth-order valence-electron chi connectivity index (χ4n) is 2.11. The van der Waals surface area contributed by atoms with Crippen molar-refractivity contribution in [2.24, 2.45) is 0 Å². The Labute approximate surface area is 149 Å². The van der Waals surface area contributed by atoms with Gasteiger partial charge in [0.2, 0.25) is 0 Å². The van der Waals surface area contributed by atoms with Gasteiger partial charge in [-0.15, -0.1) is 12.4 Å². The Hall–Kier alpha value is -1.42. The topological polar surface area (TPSA) is 30.5 Å². The van der Waals surface area contributed by atoms with Crippen molar-refractivity contribution in [1.29, 1.82) is 0 Å². The zero-order valence-corrected chi connectivity index (χ0v) is 15.2. The summed E-state index contributed by atoms with van der Waals surface area (Å²) in [4.78, 5) is 0. The molecule has 0 amide bonds. The number of nitrogens with one attached hydrogen (secondary N) is 1. The van der Waals surface area contributed by atoms with Crippen LogP contribution in [0.1, 0.15) is 25.0 Å². The second-order valence-electron chi connectivity index (χ2n) is 5.41. The van der Waals surface area contributed by atoms with Crippen LogP contribution in [-0.2, 0) is 13.2 Å². The molecule has 0 aliphatic carbocycles. The molecule has 2 aromatic rings. The monoisotopic (exact) mass is 355 g/mol. The second kappa shape index (κ2) is 9.66. The van der Waals surface area contributed by atoms with E-state index in [1.54, 1.807) is 13.2 Å². The molecule has 0 heterocycles. The van der Waals surface area contributed by atoms with Crippen LogP contribution in [0.25, 0.3) is 0 Å². The molecule has 2 aromatic carbocycles. The number of hydrogen-bond acceptors (Lipinski definition) is 3. The van der Waals surface area contributed by atoms with Gasteiger partial charge in [0.1, 0.15) is 6.61 Å². The van der Waals surface area contributed by atoms with E-state index in [2.05, 4.69) is 19.2 Å². The van der Waals surface area contributed by atoms with E-state index in [1.165, 1.54) is 0 Å². The lowest BCUT2D eigenvalue weighted by Gasteiger charge is -2.17. The van der Waals surface area contributed by atoms with Gasteiger partial charge in [0, 0.05) is 29.2 Å². The van der Waals surface area contributed by atoms with Crippen LogP contribution in [0.5, 0.6) is 11.5 Å². The standard InChI is InChI=1S/C18H22ClNO2.ClH/c1-13(2)20-11-15-9-16(19)10-17(21-3)18(15)22-12-14-7-5-4-6-8-14;/h4-10,13,20H,11-12H2,1-3H3;1H. The summed E-state index contributed by atoms with van der Waals surface area (Å²) >= 11 is 6.17. The van der Waals surface area contributed by atoms with Crippen LogP contribution < -0.4 is 14.8 Å². The molecular formula is C18H23Cl2NO2. The van der Waals surface area contributed by atoms with Crippen LogP contribution in [0.3, 0.4) is 0 Å². The van der Waals surface area contributed by atoms with Gasteiger partial charge in [0.25, 0.3) is 0 Å². The molecule has 0 radical (unpaired) electrons. The minimum Gasteiger partial charge on any atom is -0.493 e. The average molecular weight is 356 g/mol. The van der Waals surface area contributed by atoms with Crippen LogP contribution in [0.2, 0.25) is 5.02 Å². The van der Waals surface area contributed by atoms with Crippen molar-refractivity contribution >= 4 is 24.0 Å². The highest BCUT2D eigenvalue weighted by Crippen LogP contribution is 2.35. The molecule has 0 bridgehead atoms. The van der Waals surface area contributed by atoms with Crippen LogP contribution in [0.4, 0.5) is 0 Å². The molecule has 0 aliphatic rings. The number of halogens is 2. The van der Waals surface area contributed by atoms with Gasteiger partial charge in [-0.3, -0.25) is 0 Å². The molecule has 5 heteroatoms. The van der Waals surface area contributed by atoms with Gasteiger partial charge in [-0.1, -0.05) is 55.8 Å². The third-order valence-electron chi connectivity index (χ3n) is 3.24. The van der Waals surface area contributed by atoms with Crippen LogP contribution in [0, 0.1) is 0 Å². The van der Waals surface area contributed by atoms with Crippen molar-refractivity contribution < 1.29 is 9.47 Å². The van der Waals surface area contributed by atoms with Gasteiger partial charge in [-0.2, -0.15) is 0 Å². The highest BCUT2D eigenvalue weighted by molar-refractivity contribution is 6.30. The van der Waals surface area contributed by atoms with E-state index in [9.17, 15) is 0 Å². The first-order valence-electron chi connectivity index (χ1n) is 7.36. The number of ether oxygens (including phenoxy) is 2. The Morgan fingerprint density at radius 3 is 2.43 bits per heavy atom. The maximum atomic E-state index is 6.17. The van der Waals surface area contributed by atoms with E-state index >= 15 is 0 Å². The molecule has 0 fully saturated rings. The van der Waals surface area contributed by atoms with Crippen molar-refractivity contribution in [2.75, 3.05) is 7.11 Å². The zero-order valence-electron chi connectivity index (χ0n) is 13.6. The summed E-state index contributed by atoms with van der Waals surface area (Å²) in [5.41, 5.74) is 2.11. The molecular weight excluding hydrogens is 333 g/mol. The Morgan fingerprint density at radius 2 is 1.83 bits per heavy atom. The van der Waals surface area contributed by atoms with E-state index in [4.69, 9.17) is 21.1 Å². The van der Waals surface area contributed by atoms with Gasteiger partial charge >= 0.3 is 0 Å². The number of hydrogen-bond donors (Lipinski definition) is 1. The lowest BCUT2D eigenvalue weighted by Crippen LogP contribution is -2.22. The first-order chi connectivity index (χ1) is 10.6. The smallest absolute Gasteiger partial charge is 0.166 e. The predicted octanol–water partition coefficient (Wildman–Crippen LogP) is 4.85. The fourth-order valence-corrected chi connectivity index (χ4v) is 2.34. The van der Waals surface area contributed by atoms with Gasteiger partial charge < -0.3 is 14.8 Å². The summed E-state index contributed by atoms with van der Waals surface area (Å²) in [6.07, 6.45) is 0. The molecule has 126 valence electrons. The summed E-state index contributed by atoms with van der Waals surface area (Å²) in [7, 11) is 1.63. The van der Waals surface area contributed by atoms with E-state index in [0.29, 0.717) is 30.0 Å². The first kappa shape index (κ1) is 19.6. The number of methoxy groups -OCH3 is 1. The molecule has 0 spiro atoms. The molecule has 0 aliphatic heterocycles. The third-order valence-corrected chi connectivity index (χ3v) is 3.46. The van der Waals surface area contributed by atoms with Crippen molar-refractivity contribution in [1.82, 2.24) is 5.32 Å². The molecule has 0 aromatic heterocycles. The Morgan fingerprint density at radius 1 is 1.13 bits per heavy atom. The van der Waals surface area contributed by atoms with Crippen LogP contribution >= 0.6 is 24.0 Å². The molecule has 23 heavy (non-hydrogen) atoms. The van der Waals surface area contributed by atoms with Crippen molar-refractivity contribution in [2.45, 2.75) is 33.0 Å². The normalized spacial score (nSPS) is 10.3. The molecule has 0 saturated heterocycles. The quantitative estimate of drug-likeness (QED) is 0.770. The molecule has 1 N–H and O–H groups in total. The van der Waals surface area contributed by atoms with E-state index < -0.39 is 0 Å². The van der Waals surface area contributed by atoms with E-state index in [-0.39, 0.29) is 12.4 Å². The third kappa shape index (κ3) is 5.94. The van der Waals surface area contributed by atoms with Crippen LogP contribution in [-0.4, -0.2) is 13.2 Å². The molecule has 0 unspecified atom stereocenters. The highest BCUT2D eigenvalue weighted by Gasteiger charge is 2.13. The summed E-state index contributed by atoms with van der Waals surface area (Å²) in [6, 6.07) is 14.1. The summed E-state index contributed by atoms with van der Waals surface area (Å²) in [5, 5.41) is 4.03. The maximum absolute atomic E-state index is 6.17. The summed E-state index contributed by atoms with van der Waals surface area (Å²) in [5.74, 6) is 1.40. The predicted molar refractivity (Wildman–Crippen MR) is 98.0 cm³/mol. The Balaban J connectivity index is 0.00000264. The minimum atomic E-state index is 0. The van der Waals surface area contributed by atoms with Crippen molar-refractivity contribution in [3.8, 4) is 11.5 Å². The summed E-state index contributed by atoms with van der Waals surface area (Å²) < 4.78 is 11.4. The fraction of sp³-hybridized carbons (Fsp3) is 0.333. The van der Waals surface area contributed by atoms with Gasteiger partial charge in [-0.25, -0.2) is 0 Å². The number of rotatable bonds is 7. The average Bonchev–Trinajstić information content (AvgIpc) is 2.52. The maximum Gasteiger partial charge on any atom is 0.166 e. The molecule has 2 rings (SSSR count). The molecule has 0 atom stereocenters. The molecule has 3 nitrogen and oxygen atoms in total. The van der Waals surface area contributed by atoms with Crippen LogP contribution in [0.15, 0.2) is 42.5 Å². The Bertz CT molecular complexity index is 603. The van der Waals surface area contributed by atoms with Gasteiger partial charge in [-0.05, 0) is 11.6 Å². The highest BCUT2D eigenvalue weighted by atomic mass is 35.5. The van der Waals surface area contributed by atoms with Crippen molar-refractivity contribution in [3.05, 3.63) is 58.6 Å². The van der Waals surface area contributed by atoms with E-state index in [1.807, 2.05) is 36.4 Å². The van der Waals surface area contributed by atoms with Gasteiger partial charge in [0.05, 0.1) is 7.11 Å². The molecule has 0 saturated carbocycles. The minimum absolute atomic E-state index is 0. The SMILES string of the molecule is COc1cc(Cl)cc(CNC(C)C)c1OCc1ccccc1.Cl. The summed E-state index contributed by atoms with van der Waals surface area (Å²) in [6.45, 7) is 5.38. The zero-order chi connectivity index (χ0) is 15.9. The lowest BCUT2D eigenvalue weighted by atomic mass is 10.1. The lowest BCUT2D eigenvalue weighted by molar-refractivity contribution is 0.280. The Kier molecular flexibility index (Phi) is 8.24. The second-order valence-corrected chi connectivity index (χ2v) is 5.84. The largest absolute Gasteiger partial charge is 0.493 e. The number of benzene rings is 2.